The van der Waals surface area contributed by atoms with Gasteiger partial charge in [-0.05, 0) is 0 Å². The van der Waals surface area contributed by atoms with Gasteiger partial charge in [-0.1, -0.05) is 0 Å². The summed E-state index contributed by atoms with van der Waals surface area (Å²) in [4.78, 5) is 3.40. The number of ether oxygens (including phenoxy) is 1. The summed E-state index contributed by atoms with van der Waals surface area (Å²) in [7, 11) is 1.21. The molecule has 0 saturated heterocycles. The van der Waals surface area contributed by atoms with Crippen LogP contribution in [0, 0.1) is 0 Å². The number of aromatic hydroxyl groups is 1. The van der Waals surface area contributed by atoms with Crippen molar-refractivity contribution in [2.45, 2.75) is 6.43 Å². The maximum atomic E-state index is 12.2. The maximum Gasteiger partial charge on any atom is 0.269 e. The molecule has 3 nitrogen and oxygen atoms in total. The lowest BCUT2D eigenvalue weighted by Gasteiger charge is -2.07. The minimum Gasteiger partial charge on any atom is -0.503 e. The molecule has 0 spiro atoms. The SMILES string of the molecule is COc1c(O)cncc1C(F)F. The van der Waals surface area contributed by atoms with Gasteiger partial charge in [-0.2, -0.15) is 0 Å². The minimum absolute atomic E-state index is 0.222. The van der Waals surface area contributed by atoms with Gasteiger partial charge in [-0.25, -0.2) is 8.78 Å². The smallest absolute Gasteiger partial charge is 0.269 e. The molecule has 0 bridgehead atoms. The Morgan fingerprint density at radius 2 is 2.17 bits per heavy atom. The van der Waals surface area contributed by atoms with E-state index >= 15 is 0 Å². The molecular formula is C7H7F2NO2. The molecule has 0 amide bonds. The van der Waals surface area contributed by atoms with Crippen molar-refractivity contribution in [2.75, 3.05) is 7.11 Å². The van der Waals surface area contributed by atoms with Crippen LogP contribution in [0.4, 0.5) is 8.78 Å². The molecule has 1 aromatic rings. The molecule has 0 atom stereocenters. The fourth-order valence-electron chi connectivity index (χ4n) is 0.831. The zero-order valence-electron chi connectivity index (χ0n) is 6.29. The average Bonchev–Trinajstić information content (AvgIpc) is 2.03. The van der Waals surface area contributed by atoms with E-state index in [0.29, 0.717) is 0 Å². The van der Waals surface area contributed by atoms with Crippen molar-refractivity contribution >= 4 is 0 Å². The zero-order chi connectivity index (χ0) is 9.14. The topological polar surface area (TPSA) is 42.4 Å². The Hall–Kier alpha value is -1.39. The van der Waals surface area contributed by atoms with Crippen LogP contribution in [0.5, 0.6) is 11.5 Å². The van der Waals surface area contributed by atoms with E-state index < -0.39 is 12.0 Å². The lowest BCUT2D eigenvalue weighted by molar-refractivity contribution is 0.145. The van der Waals surface area contributed by atoms with Crippen molar-refractivity contribution in [2.24, 2.45) is 0 Å². The summed E-state index contributed by atoms with van der Waals surface area (Å²) in [5, 5.41) is 9.02. The number of halogens is 2. The molecule has 0 aliphatic carbocycles. The Labute approximate surface area is 67.6 Å². The van der Waals surface area contributed by atoms with Crippen LogP contribution in [0.15, 0.2) is 12.4 Å². The number of methoxy groups -OCH3 is 1. The van der Waals surface area contributed by atoms with Crippen LogP contribution >= 0.6 is 0 Å². The molecule has 0 aromatic carbocycles. The highest BCUT2D eigenvalue weighted by atomic mass is 19.3. The van der Waals surface area contributed by atoms with Gasteiger partial charge in [0.2, 0.25) is 0 Å². The van der Waals surface area contributed by atoms with E-state index in [1.165, 1.54) is 7.11 Å². The number of nitrogens with zero attached hydrogens (tertiary/aromatic N) is 1. The first kappa shape index (κ1) is 8.70. The van der Waals surface area contributed by atoms with E-state index in [1.807, 2.05) is 0 Å². The molecule has 0 saturated carbocycles. The molecule has 0 aliphatic heterocycles. The van der Waals surface area contributed by atoms with Crippen LogP contribution < -0.4 is 4.74 Å². The first-order valence-corrected chi connectivity index (χ1v) is 3.15. The average molecular weight is 175 g/mol. The van der Waals surface area contributed by atoms with Crippen molar-refractivity contribution in [1.82, 2.24) is 4.98 Å². The zero-order valence-corrected chi connectivity index (χ0v) is 6.29. The summed E-state index contributed by atoms with van der Waals surface area (Å²) in [6.45, 7) is 0. The van der Waals surface area contributed by atoms with Crippen LogP contribution in [-0.4, -0.2) is 17.2 Å². The Bertz CT molecular complexity index is 278. The van der Waals surface area contributed by atoms with Gasteiger partial charge < -0.3 is 9.84 Å². The van der Waals surface area contributed by atoms with E-state index in [2.05, 4.69) is 9.72 Å². The van der Waals surface area contributed by atoms with Crippen LogP contribution in [0.2, 0.25) is 0 Å². The van der Waals surface area contributed by atoms with Gasteiger partial charge in [-0.15, -0.1) is 0 Å². The molecule has 12 heavy (non-hydrogen) atoms. The second-order valence-electron chi connectivity index (χ2n) is 2.08. The van der Waals surface area contributed by atoms with E-state index in [0.717, 1.165) is 12.4 Å². The van der Waals surface area contributed by atoms with Gasteiger partial charge in [0.1, 0.15) is 0 Å². The molecule has 1 heterocycles. The van der Waals surface area contributed by atoms with Gasteiger partial charge in [0, 0.05) is 6.20 Å². The third-order valence-corrected chi connectivity index (χ3v) is 1.34. The number of rotatable bonds is 2. The summed E-state index contributed by atoms with van der Waals surface area (Å²) in [5.74, 6) is -0.602. The van der Waals surface area contributed by atoms with Crippen molar-refractivity contribution in [3.63, 3.8) is 0 Å². The van der Waals surface area contributed by atoms with Crippen LogP contribution in [-0.2, 0) is 0 Å². The molecular weight excluding hydrogens is 168 g/mol. The fourth-order valence-corrected chi connectivity index (χ4v) is 0.831. The molecule has 1 N–H and O–H groups in total. The van der Waals surface area contributed by atoms with E-state index in [-0.39, 0.29) is 11.5 Å². The van der Waals surface area contributed by atoms with Crippen LogP contribution in [0.1, 0.15) is 12.0 Å². The largest absolute Gasteiger partial charge is 0.503 e. The quantitative estimate of drug-likeness (QED) is 0.744. The van der Waals surface area contributed by atoms with Crippen molar-refractivity contribution < 1.29 is 18.6 Å². The second-order valence-corrected chi connectivity index (χ2v) is 2.08. The summed E-state index contributed by atoms with van der Waals surface area (Å²) in [6.07, 6.45) is -0.687. The van der Waals surface area contributed by atoms with E-state index in [9.17, 15) is 8.78 Å². The van der Waals surface area contributed by atoms with E-state index in [1.54, 1.807) is 0 Å². The number of pyridine rings is 1. The number of alkyl halides is 2. The number of hydrogen-bond donors (Lipinski definition) is 1. The minimum atomic E-state index is -2.69. The Morgan fingerprint density at radius 1 is 1.50 bits per heavy atom. The molecule has 1 rings (SSSR count). The first-order chi connectivity index (χ1) is 5.66. The maximum absolute atomic E-state index is 12.2. The second kappa shape index (κ2) is 3.34. The molecule has 66 valence electrons. The highest BCUT2D eigenvalue weighted by molar-refractivity contribution is 5.43. The van der Waals surface area contributed by atoms with Crippen LogP contribution in [0.3, 0.4) is 0 Å². The van der Waals surface area contributed by atoms with Gasteiger partial charge >= 0.3 is 0 Å². The first-order valence-electron chi connectivity index (χ1n) is 3.15. The normalized spacial score (nSPS) is 10.3. The lowest BCUT2D eigenvalue weighted by Crippen LogP contribution is -1.93. The molecule has 0 radical (unpaired) electrons. The van der Waals surface area contributed by atoms with Crippen molar-refractivity contribution in [3.05, 3.63) is 18.0 Å². The third-order valence-electron chi connectivity index (χ3n) is 1.34. The van der Waals surface area contributed by atoms with Gasteiger partial charge in [-0.3, -0.25) is 4.98 Å². The molecule has 1 aromatic heterocycles. The molecule has 0 aliphatic rings. The Morgan fingerprint density at radius 3 is 2.58 bits per heavy atom. The predicted octanol–water partition coefficient (Wildman–Crippen LogP) is 1.73. The predicted molar refractivity (Wildman–Crippen MR) is 37.4 cm³/mol. The standard InChI is InChI=1S/C7H7F2NO2/c1-12-6-4(7(8)9)2-10-3-5(6)11/h2-3,7,11H,1H3. The summed E-state index contributed by atoms with van der Waals surface area (Å²) in [5.41, 5.74) is -0.405. The lowest BCUT2D eigenvalue weighted by atomic mass is 10.2. The van der Waals surface area contributed by atoms with Crippen LogP contribution in [0.25, 0.3) is 0 Å². The fraction of sp³-hybridized carbons (Fsp3) is 0.286. The third kappa shape index (κ3) is 1.44. The van der Waals surface area contributed by atoms with Gasteiger partial charge in [0.25, 0.3) is 6.43 Å². The van der Waals surface area contributed by atoms with E-state index in [4.69, 9.17) is 5.11 Å². The number of hydrogen-bond acceptors (Lipinski definition) is 3. The van der Waals surface area contributed by atoms with Crippen molar-refractivity contribution in [1.29, 1.82) is 0 Å². The highest BCUT2D eigenvalue weighted by Crippen LogP contribution is 2.34. The molecule has 0 fully saturated rings. The Kier molecular flexibility index (Phi) is 2.42. The van der Waals surface area contributed by atoms with Crippen molar-refractivity contribution in [3.8, 4) is 11.5 Å². The summed E-state index contributed by atoms with van der Waals surface area (Å²) >= 11 is 0. The highest BCUT2D eigenvalue weighted by Gasteiger charge is 2.16. The van der Waals surface area contributed by atoms with Gasteiger partial charge in [0.15, 0.2) is 11.5 Å². The summed E-state index contributed by atoms with van der Waals surface area (Å²) in [6, 6.07) is 0. The molecule has 5 heteroatoms. The Balaban J connectivity index is 3.18. The monoisotopic (exact) mass is 175 g/mol. The number of aromatic nitrogens is 1. The molecule has 0 unspecified atom stereocenters. The summed E-state index contributed by atoms with van der Waals surface area (Å²) < 4.78 is 28.9. The van der Waals surface area contributed by atoms with Gasteiger partial charge in [0.05, 0.1) is 18.9 Å².